The Hall–Kier alpha value is -2.65. The maximum absolute atomic E-state index is 13.1. The molecule has 4 aliphatic carbocycles. The van der Waals surface area contributed by atoms with E-state index < -0.39 is 27.9 Å². The normalized spacial score (nSPS) is 27.4. The molecular formula is C26H28ClFN2O5S. The third-order valence-corrected chi connectivity index (χ3v) is 9.35. The number of sulfonamides is 1. The smallest absolute Gasteiger partial charge is 0.340 e. The summed E-state index contributed by atoms with van der Waals surface area (Å²) in [6.45, 7) is 1.50. The van der Waals surface area contributed by atoms with Crippen LogP contribution in [0.5, 0.6) is 0 Å². The van der Waals surface area contributed by atoms with Crippen LogP contribution in [0, 0.1) is 23.6 Å². The summed E-state index contributed by atoms with van der Waals surface area (Å²) in [5.74, 6) is 0.204. The Kier molecular flexibility index (Phi) is 6.49. The van der Waals surface area contributed by atoms with Gasteiger partial charge < -0.3 is 10.1 Å². The van der Waals surface area contributed by atoms with Crippen molar-refractivity contribution in [1.29, 1.82) is 0 Å². The van der Waals surface area contributed by atoms with Gasteiger partial charge in [0, 0.05) is 11.2 Å². The highest BCUT2D eigenvalue weighted by molar-refractivity contribution is 7.92. The zero-order valence-corrected chi connectivity index (χ0v) is 21.4. The number of ether oxygens (including phenoxy) is 1. The Balaban J connectivity index is 1.26. The molecule has 1 unspecified atom stereocenters. The summed E-state index contributed by atoms with van der Waals surface area (Å²) in [6.07, 6.45) is 5.57. The topological polar surface area (TPSA) is 102 Å². The van der Waals surface area contributed by atoms with E-state index in [1.165, 1.54) is 50.5 Å². The van der Waals surface area contributed by atoms with Crippen molar-refractivity contribution in [2.45, 2.75) is 62.0 Å². The van der Waals surface area contributed by atoms with Gasteiger partial charge in [-0.1, -0.05) is 11.6 Å². The summed E-state index contributed by atoms with van der Waals surface area (Å²) < 4.78 is 46.4. The molecule has 0 aliphatic heterocycles. The van der Waals surface area contributed by atoms with E-state index in [9.17, 15) is 22.4 Å². The van der Waals surface area contributed by atoms with E-state index in [4.69, 9.17) is 16.3 Å². The number of hydrogen-bond donors (Lipinski definition) is 2. The van der Waals surface area contributed by atoms with Gasteiger partial charge in [0.15, 0.2) is 6.10 Å². The molecule has 4 aliphatic rings. The first kappa shape index (κ1) is 25.0. The molecule has 1 atom stereocenters. The monoisotopic (exact) mass is 534 g/mol. The van der Waals surface area contributed by atoms with Crippen molar-refractivity contribution < 1.29 is 27.1 Å². The number of nitrogens with one attached hydrogen (secondary N) is 2. The Morgan fingerprint density at radius 1 is 1.03 bits per heavy atom. The van der Waals surface area contributed by atoms with E-state index in [0.29, 0.717) is 17.8 Å². The van der Waals surface area contributed by atoms with Gasteiger partial charge in [-0.2, -0.15) is 0 Å². The van der Waals surface area contributed by atoms with E-state index in [1.54, 1.807) is 0 Å². The van der Waals surface area contributed by atoms with Crippen molar-refractivity contribution >= 4 is 39.2 Å². The first-order chi connectivity index (χ1) is 17.0. The molecule has 0 radical (unpaired) electrons. The lowest BCUT2D eigenvalue weighted by molar-refractivity contribution is -0.134. The molecule has 6 rings (SSSR count). The van der Waals surface area contributed by atoms with E-state index in [-0.39, 0.29) is 32.6 Å². The molecule has 1 amide bonds. The van der Waals surface area contributed by atoms with Crippen LogP contribution in [0.2, 0.25) is 5.02 Å². The third-order valence-electron chi connectivity index (χ3n) is 7.64. The standard InChI is InChI=1S/C26H28ClFN2O5S/c1-15(24(31)29-26-12-16-8-17(13-26)10-18(9-16)14-26)35-25(32)22-11-21(6-7-23(22)27)36(33,34)30-20-4-2-19(28)3-5-20/h2-7,11,15-18,30H,8-10,12-14H2,1H3,(H,29,31). The largest absolute Gasteiger partial charge is 0.449 e. The second-order valence-electron chi connectivity index (χ2n) is 10.5. The number of amides is 1. The van der Waals surface area contributed by atoms with E-state index >= 15 is 0 Å². The fourth-order valence-corrected chi connectivity index (χ4v) is 7.74. The number of hydrogen-bond acceptors (Lipinski definition) is 5. The minimum atomic E-state index is -4.09. The Labute approximate surface area is 214 Å². The molecule has 36 heavy (non-hydrogen) atoms. The molecule has 192 valence electrons. The SMILES string of the molecule is CC(OC(=O)c1cc(S(=O)(=O)Nc2ccc(F)cc2)ccc1Cl)C(=O)NC12CC3CC(CC(C3)C1)C2. The second kappa shape index (κ2) is 9.34. The van der Waals surface area contributed by atoms with Crippen molar-refractivity contribution in [3.63, 3.8) is 0 Å². The van der Waals surface area contributed by atoms with E-state index in [0.717, 1.165) is 37.5 Å². The molecule has 4 fully saturated rings. The van der Waals surface area contributed by atoms with Crippen LogP contribution in [0.25, 0.3) is 0 Å². The van der Waals surface area contributed by atoms with Crippen molar-refractivity contribution in [2.75, 3.05) is 4.72 Å². The van der Waals surface area contributed by atoms with Gasteiger partial charge in [-0.25, -0.2) is 17.6 Å². The number of anilines is 1. The average molecular weight is 535 g/mol. The zero-order valence-electron chi connectivity index (χ0n) is 19.8. The molecule has 0 aromatic heterocycles. The summed E-state index contributed by atoms with van der Waals surface area (Å²) in [6, 6.07) is 8.42. The predicted octanol–water partition coefficient (Wildman–Crippen LogP) is 4.91. The Morgan fingerprint density at radius 3 is 2.19 bits per heavy atom. The maximum Gasteiger partial charge on any atom is 0.340 e. The Bertz CT molecular complexity index is 1260. The fraction of sp³-hybridized carbons (Fsp3) is 0.462. The first-order valence-corrected chi connectivity index (χ1v) is 14.0. The molecule has 4 saturated carbocycles. The minimum Gasteiger partial charge on any atom is -0.449 e. The van der Waals surface area contributed by atoms with Gasteiger partial charge >= 0.3 is 5.97 Å². The van der Waals surface area contributed by atoms with Crippen LogP contribution in [-0.4, -0.2) is 31.9 Å². The van der Waals surface area contributed by atoms with Crippen LogP contribution in [0.15, 0.2) is 47.4 Å². The number of halogens is 2. The van der Waals surface area contributed by atoms with Crippen molar-refractivity contribution in [3.8, 4) is 0 Å². The van der Waals surface area contributed by atoms with Gasteiger partial charge in [-0.3, -0.25) is 9.52 Å². The van der Waals surface area contributed by atoms with Gasteiger partial charge in [0.25, 0.3) is 15.9 Å². The molecule has 2 aromatic carbocycles. The first-order valence-electron chi connectivity index (χ1n) is 12.1. The lowest BCUT2D eigenvalue weighted by Crippen LogP contribution is -2.61. The lowest BCUT2D eigenvalue weighted by atomic mass is 9.53. The van der Waals surface area contributed by atoms with Gasteiger partial charge in [0.2, 0.25) is 0 Å². The average Bonchev–Trinajstić information content (AvgIpc) is 2.79. The van der Waals surface area contributed by atoms with Gasteiger partial charge in [0.1, 0.15) is 5.82 Å². The van der Waals surface area contributed by atoms with E-state index in [1.807, 2.05) is 0 Å². The second-order valence-corrected chi connectivity index (χ2v) is 12.6. The molecule has 0 heterocycles. The summed E-state index contributed by atoms with van der Waals surface area (Å²) >= 11 is 6.17. The quantitative estimate of drug-likeness (QED) is 0.491. The lowest BCUT2D eigenvalue weighted by Gasteiger charge is -2.57. The third kappa shape index (κ3) is 5.09. The fourth-order valence-electron chi connectivity index (χ4n) is 6.46. The van der Waals surface area contributed by atoms with Crippen molar-refractivity contribution in [1.82, 2.24) is 5.32 Å². The van der Waals surface area contributed by atoms with Crippen LogP contribution >= 0.6 is 11.6 Å². The van der Waals surface area contributed by atoms with Crippen LogP contribution in [0.4, 0.5) is 10.1 Å². The Morgan fingerprint density at radius 2 is 1.61 bits per heavy atom. The number of carbonyl (C=O) groups excluding carboxylic acids is 2. The van der Waals surface area contributed by atoms with Gasteiger partial charge in [0.05, 0.1) is 15.5 Å². The number of benzene rings is 2. The molecule has 0 spiro atoms. The molecule has 10 heteroatoms. The predicted molar refractivity (Wildman–Crippen MR) is 133 cm³/mol. The molecular weight excluding hydrogens is 507 g/mol. The maximum atomic E-state index is 13.1. The van der Waals surface area contributed by atoms with E-state index in [2.05, 4.69) is 10.0 Å². The summed E-state index contributed by atoms with van der Waals surface area (Å²) in [5.41, 5.74) is -0.233. The van der Waals surface area contributed by atoms with Crippen LogP contribution in [-0.2, 0) is 19.6 Å². The summed E-state index contributed by atoms with van der Waals surface area (Å²) in [7, 11) is -4.09. The molecule has 2 N–H and O–H groups in total. The summed E-state index contributed by atoms with van der Waals surface area (Å²) in [4.78, 5) is 25.6. The summed E-state index contributed by atoms with van der Waals surface area (Å²) in [5, 5.41) is 3.18. The van der Waals surface area contributed by atoms with Crippen LogP contribution in [0.3, 0.4) is 0 Å². The molecule has 2 aromatic rings. The number of carbonyl (C=O) groups is 2. The van der Waals surface area contributed by atoms with Crippen molar-refractivity contribution in [2.24, 2.45) is 17.8 Å². The van der Waals surface area contributed by atoms with Crippen LogP contribution < -0.4 is 10.0 Å². The molecule has 4 bridgehead atoms. The van der Waals surface area contributed by atoms with Gasteiger partial charge in [-0.05, 0) is 106 Å². The molecule has 0 saturated heterocycles. The van der Waals surface area contributed by atoms with Crippen molar-refractivity contribution in [3.05, 3.63) is 58.9 Å². The highest BCUT2D eigenvalue weighted by Gasteiger charge is 2.51. The minimum absolute atomic E-state index is 0.00516. The number of rotatable bonds is 7. The van der Waals surface area contributed by atoms with Crippen LogP contribution in [0.1, 0.15) is 55.8 Å². The number of esters is 1. The molecule has 7 nitrogen and oxygen atoms in total. The highest BCUT2D eigenvalue weighted by Crippen LogP contribution is 2.55. The highest BCUT2D eigenvalue weighted by atomic mass is 35.5. The zero-order chi connectivity index (χ0) is 25.7. The van der Waals surface area contributed by atoms with Gasteiger partial charge in [-0.15, -0.1) is 0 Å².